The molecular formula is C6H12BrO. The van der Waals surface area contributed by atoms with Crippen molar-refractivity contribution in [3.63, 3.8) is 0 Å². The molecule has 0 spiro atoms. The molecule has 1 nitrogen and oxygen atoms in total. The summed E-state index contributed by atoms with van der Waals surface area (Å²) in [6.07, 6.45) is 1.94. The molecule has 0 aromatic carbocycles. The third-order valence-electron chi connectivity index (χ3n) is 1.32. The largest absolute Gasteiger partial charge is 0.237 e. The molecule has 8 heavy (non-hydrogen) atoms. The van der Waals surface area contributed by atoms with Gasteiger partial charge in [0, 0.05) is 5.33 Å². The fourth-order valence-corrected chi connectivity index (χ4v) is 1.34. The summed E-state index contributed by atoms with van der Waals surface area (Å²) in [5, 5.41) is 11.0. The molecule has 0 fully saturated rings. The van der Waals surface area contributed by atoms with Gasteiger partial charge in [-0.05, 0) is 12.3 Å². The summed E-state index contributed by atoms with van der Waals surface area (Å²) in [7, 11) is 0. The van der Waals surface area contributed by atoms with Gasteiger partial charge in [0.15, 0.2) is 0 Å². The van der Waals surface area contributed by atoms with Gasteiger partial charge in [-0.2, -0.15) is 0 Å². The van der Waals surface area contributed by atoms with Crippen molar-refractivity contribution in [2.45, 2.75) is 19.8 Å². The van der Waals surface area contributed by atoms with Crippen LogP contribution in [0.1, 0.15) is 19.8 Å². The fraction of sp³-hybridized carbons (Fsp3) is 1.00. The molecule has 0 aliphatic heterocycles. The van der Waals surface area contributed by atoms with Gasteiger partial charge in [0.2, 0.25) is 0 Å². The zero-order chi connectivity index (χ0) is 6.41. The summed E-state index contributed by atoms with van der Waals surface area (Å²) in [4.78, 5) is 0. The molecular weight excluding hydrogens is 168 g/mol. The van der Waals surface area contributed by atoms with Gasteiger partial charge in [-0.1, -0.05) is 29.3 Å². The average molecular weight is 180 g/mol. The summed E-state index contributed by atoms with van der Waals surface area (Å²) in [5.41, 5.74) is 0. The Balaban J connectivity index is 3.07. The monoisotopic (exact) mass is 179 g/mol. The van der Waals surface area contributed by atoms with Crippen molar-refractivity contribution in [1.29, 1.82) is 0 Å². The predicted molar refractivity (Wildman–Crippen MR) is 37.7 cm³/mol. The Labute approximate surface area is 59.2 Å². The smallest absolute Gasteiger partial charge is 0.0825 e. The highest BCUT2D eigenvalue weighted by Crippen LogP contribution is 2.09. The third kappa shape index (κ3) is 3.44. The molecule has 0 bridgehead atoms. The first-order valence-corrected chi connectivity index (χ1v) is 4.11. The predicted octanol–water partition coefficient (Wildman–Crippen LogP) is 2.23. The molecule has 1 unspecified atom stereocenters. The van der Waals surface area contributed by atoms with Crippen LogP contribution in [0.2, 0.25) is 0 Å². The van der Waals surface area contributed by atoms with Crippen molar-refractivity contribution in [3.05, 3.63) is 0 Å². The van der Waals surface area contributed by atoms with Gasteiger partial charge >= 0.3 is 0 Å². The maximum atomic E-state index is 10.0. The van der Waals surface area contributed by atoms with Crippen LogP contribution in [0.3, 0.4) is 0 Å². The molecule has 0 N–H and O–H groups in total. The molecule has 0 aliphatic rings. The van der Waals surface area contributed by atoms with Crippen LogP contribution in [0.15, 0.2) is 0 Å². The fourth-order valence-electron chi connectivity index (χ4n) is 0.557. The van der Waals surface area contributed by atoms with Gasteiger partial charge in [0.25, 0.3) is 0 Å². The van der Waals surface area contributed by atoms with Crippen LogP contribution in [0.25, 0.3) is 0 Å². The maximum absolute atomic E-state index is 10.0. The first kappa shape index (κ1) is 8.44. The number of halogens is 1. The minimum absolute atomic E-state index is 0.0735. The Morgan fingerprint density at radius 1 is 1.62 bits per heavy atom. The average Bonchev–Trinajstić information content (AvgIpc) is 1.83. The molecule has 0 saturated heterocycles. The second-order valence-corrected chi connectivity index (χ2v) is 2.57. The van der Waals surface area contributed by atoms with Crippen LogP contribution < -0.4 is 0 Å². The number of hydrogen-bond acceptors (Lipinski definition) is 0. The van der Waals surface area contributed by atoms with E-state index in [1.165, 1.54) is 0 Å². The third-order valence-corrected chi connectivity index (χ3v) is 2.24. The van der Waals surface area contributed by atoms with E-state index in [0.29, 0.717) is 5.92 Å². The number of rotatable bonds is 4. The molecule has 2 heteroatoms. The summed E-state index contributed by atoms with van der Waals surface area (Å²) < 4.78 is 0. The van der Waals surface area contributed by atoms with Crippen molar-refractivity contribution in [2.75, 3.05) is 11.9 Å². The zero-order valence-electron chi connectivity index (χ0n) is 5.19. The topological polar surface area (TPSA) is 19.9 Å². The zero-order valence-corrected chi connectivity index (χ0v) is 6.78. The Morgan fingerprint density at radius 3 is 2.38 bits per heavy atom. The van der Waals surface area contributed by atoms with Gasteiger partial charge in [-0.3, -0.25) is 0 Å². The first-order chi connectivity index (χ1) is 3.85. The molecule has 0 saturated carbocycles. The summed E-state index contributed by atoms with van der Waals surface area (Å²) in [5.74, 6) is 0.604. The summed E-state index contributed by atoms with van der Waals surface area (Å²) in [6, 6.07) is 0. The SMILES string of the molecule is CCC(CBr)CC[O]. The summed E-state index contributed by atoms with van der Waals surface area (Å²) >= 11 is 3.34. The molecule has 0 aromatic heterocycles. The molecule has 1 atom stereocenters. The second-order valence-electron chi connectivity index (χ2n) is 1.92. The van der Waals surface area contributed by atoms with Gasteiger partial charge in [-0.25, -0.2) is 5.11 Å². The molecule has 1 radical (unpaired) electrons. The highest BCUT2D eigenvalue weighted by molar-refractivity contribution is 9.09. The minimum atomic E-state index is 0.0735. The molecule has 0 aromatic rings. The quantitative estimate of drug-likeness (QED) is 0.591. The standard InChI is InChI=1S/C6H12BrO/c1-2-6(5-7)3-4-8/h6H,2-5H2,1H3. The lowest BCUT2D eigenvalue weighted by Gasteiger charge is -2.05. The number of hydrogen-bond donors (Lipinski definition) is 0. The highest BCUT2D eigenvalue weighted by Gasteiger charge is 2.01. The number of alkyl halides is 1. The minimum Gasteiger partial charge on any atom is -0.237 e. The van der Waals surface area contributed by atoms with E-state index >= 15 is 0 Å². The van der Waals surface area contributed by atoms with E-state index in [2.05, 4.69) is 22.9 Å². The van der Waals surface area contributed by atoms with E-state index in [1.54, 1.807) is 0 Å². The van der Waals surface area contributed by atoms with Crippen LogP contribution in [0.5, 0.6) is 0 Å². The van der Waals surface area contributed by atoms with E-state index in [9.17, 15) is 5.11 Å². The highest BCUT2D eigenvalue weighted by atomic mass is 79.9. The van der Waals surface area contributed by atoms with Gasteiger partial charge in [-0.15, -0.1) is 0 Å². The molecule has 0 heterocycles. The molecule has 49 valence electrons. The van der Waals surface area contributed by atoms with Gasteiger partial charge < -0.3 is 0 Å². The lowest BCUT2D eigenvalue weighted by molar-refractivity contribution is 0.173. The van der Waals surface area contributed by atoms with Crippen molar-refractivity contribution >= 4 is 15.9 Å². The van der Waals surface area contributed by atoms with Crippen molar-refractivity contribution < 1.29 is 5.11 Å². The Hall–Kier alpha value is 0.440. The van der Waals surface area contributed by atoms with Crippen LogP contribution in [0, 0.1) is 5.92 Å². The van der Waals surface area contributed by atoms with E-state index < -0.39 is 0 Å². The van der Waals surface area contributed by atoms with E-state index in [-0.39, 0.29) is 6.61 Å². The van der Waals surface area contributed by atoms with Crippen molar-refractivity contribution in [1.82, 2.24) is 0 Å². The maximum Gasteiger partial charge on any atom is 0.0825 e. The Kier molecular flexibility index (Phi) is 5.88. The van der Waals surface area contributed by atoms with Gasteiger partial charge in [0.05, 0.1) is 6.61 Å². The van der Waals surface area contributed by atoms with E-state index in [0.717, 1.165) is 18.2 Å². The lowest BCUT2D eigenvalue weighted by atomic mass is 10.1. The summed E-state index contributed by atoms with van der Waals surface area (Å²) in [6.45, 7) is 2.19. The normalized spacial score (nSPS) is 13.9. The van der Waals surface area contributed by atoms with Crippen LogP contribution in [-0.4, -0.2) is 11.9 Å². The Morgan fingerprint density at radius 2 is 2.25 bits per heavy atom. The van der Waals surface area contributed by atoms with Crippen molar-refractivity contribution in [2.24, 2.45) is 5.92 Å². The van der Waals surface area contributed by atoms with E-state index in [4.69, 9.17) is 0 Å². The van der Waals surface area contributed by atoms with Crippen LogP contribution in [-0.2, 0) is 5.11 Å². The van der Waals surface area contributed by atoms with Gasteiger partial charge in [0.1, 0.15) is 0 Å². The van der Waals surface area contributed by atoms with E-state index in [1.807, 2.05) is 0 Å². The molecule has 0 rings (SSSR count). The molecule has 0 amide bonds. The Bertz CT molecular complexity index is 43.8. The molecule has 0 aliphatic carbocycles. The van der Waals surface area contributed by atoms with Crippen LogP contribution in [0.4, 0.5) is 0 Å². The van der Waals surface area contributed by atoms with Crippen molar-refractivity contribution in [3.8, 4) is 0 Å². The lowest BCUT2D eigenvalue weighted by Crippen LogP contribution is -2.01. The second kappa shape index (κ2) is 5.57. The van der Waals surface area contributed by atoms with Crippen LogP contribution >= 0.6 is 15.9 Å². The first-order valence-electron chi connectivity index (χ1n) is 2.99.